The molecular formula is C17H23N5O2. The highest BCUT2D eigenvalue weighted by Gasteiger charge is 2.14. The monoisotopic (exact) mass is 329 g/mol. The highest BCUT2D eigenvalue weighted by Crippen LogP contribution is 2.27. The van der Waals surface area contributed by atoms with Crippen LogP contribution in [-0.4, -0.2) is 49.0 Å². The second kappa shape index (κ2) is 7.81. The first-order valence-corrected chi connectivity index (χ1v) is 8.19. The van der Waals surface area contributed by atoms with Crippen molar-refractivity contribution in [2.45, 2.75) is 19.3 Å². The van der Waals surface area contributed by atoms with Crippen LogP contribution in [0, 0.1) is 0 Å². The Morgan fingerprint density at radius 1 is 1.12 bits per heavy atom. The van der Waals surface area contributed by atoms with Gasteiger partial charge in [0.2, 0.25) is 5.95 Å². The predicted molar refractivity (Wildman–Crippen MR) is 93.0 cm³/mol. The molecule has 0 amide bonds. The van der Waals surface area contributed by atoms with Gasteiger partial charge >= 0.3 is 0 Å². The molecule has 0 radical (unpaired) electrons. The molecule has 1 saturated heterocycles. The van der Waals surface area contributed by atoms with Crippen molar-refractivity contribution in [3.8, 4) is 11.5 Å². The number of rotatable bonds is 7. The van der Waals surface area contributed by atoms with E-state index in [1.807, 2.05) is 18.2 Å². The minimum Gasteiger partial charge on any atom is -0.493 e. The average Bonchev–Trinajstić information content (AvgIpc) is 3.16. The number of nitrogens with zero attached hydrogens (tertiary/aromatic N) is 4. The van der Waals surface area contributed by atoms with Gasteiger partial charge in [-0.1, -0.05) is 6.07 Å². The van der Waals surface area contributed by atoms with Crippen LogP contribution in [0.3, 0.4) is 0 Å². The molecule has 24 heavy (non-hydrogen) atoms. The van der Waals surface area contributed by atoms with Crippen molar-refractivity contribution in [2.24, 2.45) is 0 Å². The van der Waals surface area contributed by atoms with Crippen molar-refractivity contribution in [1.82, 2.24) is 15.2 Å². The van der Waals surface area contributed by atoms with E-state index in [4.69, 9.17) is 9.47 Å². The van der Waals surface area contributed by atoms with Gasteiger partial charge in [-0.05, 0) is 37.0 Å². The summed E-state index contributed by atoms with van der Waals surface area (Å²) in [6, 6.07) is 5.93. The van der Waals surface area contributed by atoms with Crippen LogP contribution in [0.1, 0.15) is 18.4 Å². The molecule has 7 heteroatoms. The smallest absolute Gasteiger partial charge is 0.244 e. The molecule has 1 aliphatic rings. The number of aromatic nitrogens is 3. The molecule has 0 aliphatic carbocycles. The van der Waals surface area contributed by atoms with Crippen LogP contribution in [0.2, 0.25) is 0 Å². The van der Waals surface area contributed by atoms with Gasteiger partial charge in [0.25, 0.3) is 0 Å². The maximum Gasteiger partial charge on any atom is 0.244 e. The Morgan fingerprint density at radius 3 is 2.67 bits per heavy atom. The van der Waals surface area contributed by atoms with Crippen LogP contribution in [-0.2, 0) is 6.42 Å². The maximum absolute atomic E-state index is 5.33. The van der Waals surface area contributed by atoms with Gasteiger partial charge in [0.1, 0.15) is 0 Å². The van der Waals surface area contributed by atoms with E-state index in [2.05, 4.69) is 25.4 Å². The summed E-state index contributed by atoms with van der Waals surface area (Å²) in [5.41, 5.74) is 1.16. The lowest BCUT2D eigenvalue weighted by atomic mass is 10.1. The fourth-order valence-electron chi connectivity index (χ4n) is 2.82. The summed E-state index contributed by atoms with van der Waals surface area (Å²) in [7, 11) is 3.28. The molecule has 0 spiro atoms. The zero-order valence-corrected chi connectivity index (χ0v) is 14.2. The van der Waals surface area contributed by atoms with Gasteiger partial charge in [0, 0.05) is 19.6 Å². The van der Waals surface area contributed by atoms with E-state index in [0.717, 1.165) is 48.9 Å². The maximum atomic E-state index is 5.33. The average molecular weight is 329 g/mol. The zero-order valence-electron chi connectivity index (χ0n) is 14.2. The molecule has 2 heterocycles. The third-order valence-electron chi connectivity index (χ3n) is 4.12. The van der Waals surface area contributed by atoms with E-state index in [0.29, 0.717) is 5.95 Å². The van der Waals surface area contributed by atoms with Crippen molar-refractivity contribution in [2.75, 3.05) is 44.1 Å². The summed E-state index contributed by atoms with van der Waals surface area (Å²) in [6.45, 7) is 2.81. The number of benzene rings is 1. The normalized spacial score (nSPS) is 13.8. The third kappa shape index (κ3) is 3.84. The summed E-state index contributed by atoms with van der Waals surface area (Å²) < 4.78 is 10.6. The lowest BCUT2D eigenvalue weighted by Gasteiger charge is -2.16. The van der Waals surface area contributed by atoms with Crippen LogP contribution in [0.5, 0.6) is 11.5 Å². The van der Waals surface area contributed by atoms with Crippen molar-refractivity contribution >= 4 is 11.8 Å². The van der Waals surface area contributed by atoms with Gasteiger partial charge in [-0.25, -0.2) is 0 Å². The molecule has 1 aromatic heterocycles. The van der Waals surface area contributed by atoms with Crippen LogP contribution in [0.15, 0.2) is 24.4 Å². The van der Waals surface area contributed by atoms with Crippen LogP contribution in [0.25, 0.3) is 0 Å². The minimum atomic E-state index is 0.569. The van der Waals surface area contributed by atoms with E-state index in [-0.39, 0.29) is 0 Å². The molecular weight excluding hydrogens is 306 g/mol. The SMILES string of the molecule is COc1ccc(CCNc2nncc(N3CCCC3)n2)cc1OC. The van der Waals surface area contributed by atoms with Crippen molar-refractivity contribution in [1.29, 1.82) is 0 Å². The topological polar surface area (TPSA) is 72.4 Å². The Labute approximate surface area is 142 Å². The number of nitrogens with one attached hydrogen (secondary N) is 1. The van der Waals surface area contributed by atoms with Gasteiger partial charge in [0.15, 0.2) is 17.3 Å². The summed E-state index contributed by atoms with van der Waals surface area (Å²) in [4.78, 5) is 6.79. The molecule has 128 valence electrons. The van der Waals surface area contributed by atoms with Crippen molar-refractivity contribution < 1.29 is 9.47 Å². The predicted octanol–water partition coefficient (Wildman–Crippen LogP) is 2.14. The lowest BCUT2D eigenvalue weighted by molar-refractivity contribution is 0.354. The van der Waals surface area contributed by atoms with Crippen LogP contribution < -0.4 is 19.7 Å². The van der Waals surface area contributed by atoms with Gasteiger partial charge in [0.05, 0.1) is 20.4 Å². The second-order valence-corrected chi connectivity index (χ2v) is 5.70. The highest BCUT2D eigenvalue weighted by molar-refractivity contribution is 5.43. The standard InChI is InChI=1S/C17H23N5O2/c1-23-14-6-5-13(11-15(14)24-2)7-8-18-17-20-16(12-19-21-17)22-9-3-4-10-22/h5-6,11-12H,3-4,7-10H2,1-2H3,(H,18,20,21). The summed E-state index contributed by atoms with van der Waals surface area (Å²) in [5, 5.41) is 11.4. The molecule has 3 rings (SSSR count). The first-order valence-electron chi connectivity index (χ1n) is 8.19. The van der Waals surface area contributed by atoms with E-state index in [9.17, 15) is 0 Å². The third-order valence-corrected chi connectivity index (χ3v) is 4.12. The molecule has 0 bridgehead atoms. The molecule has 1 N–H and O–H groups in total. The van der Waals surface area contributed by atoms with Crippen LogP contribution in [0.4, 0.5) is 11.8 Å². The Morgan fingerprint density at radius 2 is 1.92 bits per heavy atom. The highest BCUT2D eigenvalue weighted by atomic mass is 16.5. The summed E-state index contributed by atoms with van der Waals surface area (Å²) >= 11 is 0. The number of hydrogen-bond acceptors (Lipinski definition) is 7. The first kappa shape index (κ1) is 16.3. The fraction of sp³-hybridized carbons (Fsp3) is 0.471. The fourth-order valence-corrected chi connectivity index (χ4v) is 2.82. The van der Waals surface area contributed by atoms with Gasteiger partial charge in [-0.15, -0.1) is 5.10 Å². The number of anilines is 2. The second-order valence-electron chi connectivity index (χ2n) is 5.70. The Hall–Kier alpha value is -2.57. The van der Waals surface area contributed by atoms with E-state index in [1.54, 1.807) is 20.4 Å². The summed E-state index contributed by atoms with van der Waals surface area (Å²) in [6.07, 6.45) is 4.99. The zero-order chi connectivity index (χ0) is 16.8. The van der Waals surface area contributed by atoms with Crippen LogP contribution >= 0.6 is 0 Å². The summed E-state index contributed by atoms with van der Waals surface area (Å²) in [5.74, 6) is 2.94. The number of methoxy groups -OCH3 is 2. The lowest BCUT2D eigenvalue weighted by Crippen LogP contribution is -2.20. The molecule has 2 aromatic rings. The van der Waals surface area contributed by atoms with Crippen molar-refractivity contribution in [3.63, 3.8) is 0 Å². The molecule has 1 fully saturated rings. The Balaban J connectivity index is 1.57. The molecule has 0 unspecified atom stereocenters. The Kier molecular flexibility index (Phi) is 5.30. The van der Waals surface area contributed by atoms with Crippen molar-refractivity contribution in [3.05, 3.63) is 30.0 Å². The molecule has 0 atom stereocenters. The van der Waals surface area contributed by atoms with E-state index < -0.39 is 0 Å². The van der Waals surface area contributed by atoms with E-state index >= 15 is 0 Å². The largest absolute Gasteiger partial charge is 0.493 e. The first-order chi connectivity index (χ1) is 11.8. The molecule has 1 aliphatic heterocycles. The molecule has 1 aromatic carbocycles. The van der Waals surface area contributed by atoms with Gasteiger partial charge < -0.3 is 19.7 Å². The molecule has 0 saturated carbocycles. The van der Waals surface area contributed by atoms with Gasteiger partial charge in [-0.3, -0.25) is 0 Å². The van der Waals surface area contributed by atoms with Gasteiger partial charge in [-0.2, -0.15) is 10.1 Å². The molecule has 7 nitrogen and oxygen atoms in total. The Bertz CT molecular complexity index is 674. The van der Waals surface area contributed by atoms with E-state index in [1.165, 1.54) is 12.8 Å². The number of ether oxygens (including phenoxy) is 2. The quantitative estimate of drug-likeness (QED) is 0.834. The number of hydrogen-bond donors (Lipinski definition) is 1. The minimum absolute atomic E-state index is 0.569.